The Bertz CT molecular complexity index is 525. The number of thiophene rings is 1. The zero-order chi connectivity index (χ0) is 12.0. The van der Waals surface area contributed by atoms with Crippen molar-refractivity contribution in [1.82, 2.24) is 4.72 Å². The van der Waals surface area contributed by atoms with Crippen LogP contribution >= 0.6 is 27.3 Å². The zero-order valence-corrected chi connectivity index (χ0v) is 12.4. The molecule has 3 rings (SSSR count). The van der Waals surface area contributed by atoms with Crippen molar-refractivity contribution in [3.8, 4) is 0 Å². The maximum atomic E-state index is 12.2. The molecule has 6 heteroatoms. The van der Waals surface area contributed by atoms with Gasteiger partial charge in [0.2, 0.25) is 10.0 Å². The predicted molar refractivity (Wildman–Crippen MR) is 71.6 cm³/mol. The molecule has 2 saturated carbocycles. The third-order valence-corrected chi connectivity index (χ3v) is 7.46. The van der Waals surface area contributed by atoms with Gasteiger partial charge in [0.05, 0.1) is 3.79 Å². The molecule has 3 nitrogen and oxygen atoms in total. The van der Waals surface area contributed by atoms with Gasteiger partial charge in [0.25, 0.3) is 0 Å². The molecule has 2 fully saturated rings. The molecule has 2 aliphatic rings. The van der Waals surface area contributed by atoms with E-state index in [2.05, 4.69) is 20.7 Å². The van der Waals surface area contributed by atoms with Gasteiger partial charge < -0.3 is 0 Å². The number of rotatable bonds is 3. The molecule has 17 heavy (non-hydrogen) atoms. The van der Waals surface area contributed by atoms with E-state index in [0.29, 0.717) is 10.1 Å². The lowest BCUT2D eigenvalue weighted by atomic mass is 9.96. The Hall–Kier alpha value is 0.0900. The first-order chi connectivity index (χ1) is 8.04. The van der Waals surface area contributed by atoms with Crippen LogP contribution in [0, 0.1) is 11.8 Å². The molecular weight excluding hydrogens is 322 g/mol. The summed E-state index contributed by atoms with van der Waals surface area (Å²) in [5.41, 5.74) is 0. The van der Waals surface area contributed by atoms with Crippen molar-refractivity contribution in [3.63, 3.8) is 0 Å². The fraction of sp³-hybridized carbons (Fsp3) is 0.636. The van der Waals surface area contributed by atoms with E-state index in [1.807, 2.05) is 0 Å². The van der Waals surface area contributed by atoms with E-state index in [0.717, 1.165) is 16.1 Å². The number of halogens is 1. The minimum atomic E-state index is -3.31. The van der Waals surface area contributed by atoms with Crippen molar-refractivity contribution < 1.29 is 8.42 Å². The molecule has 3 atom stereocenters. The summed E-state index contributed by atoms with van der Waals surface area (Å²) in [5, 5.41) is 0. The molecule has 0 saturated heterocycles. The molecule has 0 aliphatic heterocycles. The van der Waals surface area contributed by atoms with Crippen LogP contribution in [0.5, 0.6) is 0 Å². The third-order valence-electron chi connectivity index (χ3n) is 3.86. The molecule has 1 heterocycles. The summed E-state index contributed by atoms with van der Waals surface area (Å²) in [4.78, 5) is 0. The highest BCUT2D eigenvalue weighted by molar-refractivity contribution is 9.11. The number of fused-ring (bicyclic) bond motifs is 2. The Morgan fingerprint density at radius 2 is 2.12 bits per heavy atom. The maximum absolute atomic E-state index is 12.2. The zero-order valence-electron chi connectivity index (χ0n) is 9.23. The fourth-order valence-electron chi connectivity index (χ4n) is 3.09. The van der Waals surface area contributed by atoms with Crippen LogP contribution in [0.3, 0.4) is 0 Å². The van der Waals surface area contributed by atoms with Gasteiger partial charge in [-0.15, -0.1) is 11.3 Å². The van der Waals surface area contributed by atoms with Crippen LogP contribution in [-0.2, 0) is 10.0 Å². The summed E-state index contributed by atoms with van der Waals surface area (Å²) in [6.07, 6.45) is 4.71. The SMILES string of the molecule is O=S(=O)(N[C@@H]1C[C@@H]2CC[C@H]1C2)c1ccc(Br)s1. The average molecular weight is 336 g/mol. The van der Waals surface area contributed by atoms with Crippen LogP contribution in [0.25, 0.3) is 0 Å². The smallest absolute Gasteiger partial charge is 0.207 e. The van der Waals surface area contributed by atoms with E-state index in [9.17, 15) is 8.42 Å². The van der Waals surface area contributed by atoms with E-state index >= 15 is 0 Å². The minimum Gasteiger partial charge on any atom is -0.207 e. The summed E-state index contributed by atoms with van der Waals surface area (Å²) >= 11 is 4.56. The Balaban J connectivity index is 1.76. The van der Waals surface area contributed by atoms with Gasteiger partial charge in [0, 0.05) is 6.04 Å². The number of hydrogen-bond donors (Lipinski definition) is 1. The lowest BCUT2D eigenvalue weighted by Crippen LogP contribution is -2.38. The van der Waals surface area contributed by atoms with Gasteiger partial charge in [-0.25, -0.2) is 13.1 Å². The first kappa shape index (κ1) is 12.1. The average Bonchev–Trinajstić information content (AvgIpc) is 2.92. The van der Waals surface area contributed by atoms with Gasteiger partial charge in [0.1, 0.15) is 4.21 Å². The van der Waals surface area contributed by atoms with E-state index in [1.165, 1.54) is 30.6 Å². The second-order valence-corrected chi connectivity index (χ2v) is 9.37. The van der Waals surface area contributed by atoms with Gasteiger partial charge in [-0.3, -0.25) is 0 Å². The van der Waals surface area contributed by atoms with Crippen molar-refractivity contribution >= 4 is 37.3 Å². The molecule has 0 radical (unpaired) electrons. The van der Waals surface area contributed by atoms with Gasteiger partial charge in [-0.05, 0) is 59.2 Å². The Morgan fingerprint density at radius 1 is 1.29 bits per heavy atom. The highest BCUT2D eigenvalue weighted by atomic mass is 79.9. The van der Waals surface area contributed by atoms with Crippen LogP contribution < -0.4 is 4.72 Å². The van der Waals surface area contributed by atoms with E-state index in [1.54, 1.807) is 12.1 Å². The standard InChI is InChI=1S/C11H14BrNO2S2/c12-10-3-4-11(16-10)17(14,15)13-9-6-7-1-2-8(9)5-7/h3-4,7-9,13H,1-2,5-6H2/t7-,8+,9-/m1/s1. The van der Waals surface area contributed by atoms with Gasteiger partial charge in [0.15, 0.2) is 0 Å². The molecule has 0 spiro atoms. The van der Waals surface area contributed by atoms with Crippen molar-refractivity contribution in [1.29, 1.82) is 0 Å². The van der Waals surface area contributed by atoms with Gasteiger partial charge in [-0.2, -0.15) is 0 Å². The molecule has 1 aromatic rings. The molecule has 0 amide bonds. The topological polar surface area (TPSA) is 46.2 Å². The monoisotopic (exact) mass is 335 g/mol. The Morgan fingerprint density at radius 3 is 2.65 bits per heavy atom. The Labute approximate surface area is 114 Å². The summed E-state index contributed by atoms with van der Waals surface area (Å²) in [6.45, 7) is 0. The molecule has 0 aromatic carbocycles. The van der Waals surface area contributed by atoms with E-state index in [4.69, 9.17) is 0 Å². The van der Waals surface area contributed by atoms with Crippen molar-refractivity contribution in [2.45, 2.75) is 35.9 Å². The summed E-state index contributed by atoms with van der Waals surface area (Å²) in [6, 6.07) is 3.60. The highest BCUT2D eigenvalue weighted by Crippen LogP contribution is 2.45. The first-order valence-corrected chi connectivity index (χ1v) is 8.91. The van der Waals surface area contributed by atoms with Crippen molar-refractivity contribution in [2.75, 3.05) is 0 Å². The van der Waals surface area contributed by atoms with Gasteiger partial charge >= 0.3 is 0 Å². The predicted octanol–water partition coefficient (Wildman–Crippen LogP) is 2.98. The molecule has 2 bridgehead atoms. The largest absolute Gasteiger partial charge is 0.250 e. The second-order valence-electron chi connectivity index (χ2n) is 4.96. The number of hydrogen-bond acceptors (Lipinski definition) is 3. The molecule has 94 valence electrons. The quantitative estimate of drug-likeness (QED) is 0.922. The van der Waals surface area contributed by atoms with Crippen molar-refractivity contribution in [3.05, 3.63) is 15.9 Å². The molecule has 1 aromatic heterocycles. The third kappa shape index (κ3) is 2.32. The van der Waals surface area contributed by atoms with Crippen LogP contribution in [0.1, 0.15) is 25.7 Å². The molecule has 0 unspecified atom stereocenters. The van der Waals surface area contributed by atoms with Crippen LogP contribution in [0.4, 0.5) is 0 Å². The summed E-state index contributed by atoms with van der Waals surface area (Å²) in [7, 11) is -3.31. The normalized spacial score (nSPS) is 32.2. The Kier molecular flexibility index (Phi) is 3.09. The van der Waals surface area contributed by atoms with Crippen molar-refractivity contribution in [2.24, 2.45) is 11.8 Å². The van der Waals surface area contributed by atoms with Crippen LogP contribution in [-0.4, -0.2) is 14.5 Å². The summed E-state index contributed by atoms with van der Waals surface area (Å²) < 4.78 is 28.5. The highest BCUT2D eigenvalue weighted by Gasteiger charge is 2.41. The minimum absolute atomic E-state index is 0.166. The maximum Gasteiger partial charge on any atom is 0.250 e. The van der Waals surface area contributed by atoms with Gasteiger partial charge in [-0.1, -0.05) is 6.42 Å². The van der Waals surface area contributed by atoms with Crippen LogP contribution in [0.2, 0.25) is 0 Å². The summed E-state index contributed by atoms with van der Waals surface area (Å²) in [5.74, 6) is 1.32. The lowest BCUT2D eigenvalue weighted by Gasteiger charge is -2.22. The molecule has 2 aliphatic carbocycles. The fourth-order valence-corrected chi connectivity index (χ4v) is 6.43. The van der Waals surface area contributed by atoms with E-state index in [-0.39, 0.29) is 6.04 Å². The first-order valence-electron chi connectivity index (χ1n) is 5.82. The number of nitrogens with one attached hydrogen (secondary N) is 1. The molecule has 1 N–H and O–H groups in total. The molecular formula is C11H14BrNO2S2. The second kappa shape index (κ2) is 4.33. The van der Waals surface area contributed by atoms with E-state index < -0.39 is 10.0 Å². The lowest BCUT2D eigenvalue weighted by molar-refractivity contribution is 0.390. The van der Waals surface area contributed by atoms with Crippen LogP contribution in [0.15, 0.2) is 20.1 Å². The number of sulfonamides is 1.